The molecule has 2 aliphatic carbocycles. The lowest BCUT2D eigenvalue weighted by Gasteiger charge is -2.39. The van der Waals surface area contributed by atoms with Crippen LogP contribution in [0.1, 0.15) is 36.6 Å². The molecule has 0 fully saturated rings. The molecule has 3 atom stereocenters. The predicted molar refractivity (Wildman–Crippen MR) is 276 cm³/mol. The number of hydrogen-bond donors (Lipinski definition) is 0. The Morgan fingerprint density at radius 1 is 0.515 bits per heavy atom. The third-order valence-corrected chi connectivity index (χ3v) is 14.9. The van der Waals surface area contributed by atoms with Gasteiger partial charge in [0.25, 0.3) is 0 Å². The summed E-state index contributed by atoms with van der Waals surface area (Å²) < 4.78 is 12.2. The fourth-order valence-corrected chi connectivity index (χ4v) is 11.9. The monoisotopic (exact) mass is 847 g/mol. The molecular formula is C62H45N3O. The summed E-state index contributed by atoms with van der Waals surface area (Å²) in [5.41, 5.74) is 18.3. The van der Waals surface area contributed by atoms with E-state index in [1.54, 1.807) is 0 Å². The number of hydrogen-bond acceptors (Lipinski definition) is 2. The first kappa shape index (κ1) is 37.3. The quantitative estimate of drug-likeness (QED) is 0.172. The Balaban J connectivity index is 1.01. The summed E-state index contributed by atoms with van der Waals surface area (Å²) in [6.45, 7) is 4.69. The molecule has 1 aliphatic heterocycles. The molecule has 4 heterocycles. The zero-order valence-electron chi connectivity index (χ0n) is 36.8. The highest BCUT2D eigenvalue weighted by Gasteiger charge is 2.46. The van der Waals surface area contributed by atoms with Crippen LogP contribution in [-0.4, -0.2) is 14.7 Å². The Labute approximate surface area is 383 Å². The highest BCUT2D eigenvalue weighted by Crippen LogP contribution is 2.54. The van der Waals surface area contributed by atoms with E-state index in [0.29, 0.717) is 5.92 Å². The molecule has 0 saturated carbocycles. The molecule has 0 saturated heterocycles. The fourth-order valence-electron chi connectivity index (χ4n) is 11.9. The second-order valence-electron chi connectivity index (χ2n) is 18.7. The summed E-state index contributed by atoms with van der Waals surface area (Å²) in [5.74, 6) is 0.731. The zero-order valence-corrected chi connectivity index (χ0v) is 36.8. The molecule has 8 aromatic carbocycles. The van der Waals surface area contributed by atoms with Gasteiger partial charge in [0, 0.05) is 61.2 Å². The largest absolute Gasteiger partial charge is 0.453 e. The predicted octanol–water partition coefficient (Wildman–Crippen LogP) is 16.3. The van der Waals surface area contributed by atoms with Crippen molar-refractivity contribution in [3.05, 3.63) is 223 Å². The molecule has 3 aromatic heterocycles. The van der Waals surface area contributed by atoms with Gasteiger partial charge < -0.3 is 18.5 Å². The van der Waals surface area contributed by atoms with Gasteiger partial charge in [0.05, 0.1) is 27.8 Å². The van der Waals surface area contributed by atoms with Gasteiger partial charge in [0.15, 0.2) is 5.58 Å². The first-order valence-electron chi connectivity index (χ1n) is 23.3. The smallest absolute Gasteiger partial charge is 0.159 e. The van der Waals surface area contributed by atoms with E-state index in [4.69, 9.17) is 4.42 Å². The molecule has 3 unspecified atom stereocenters. The topological polar surface area (TPSA) is 26.2 Å². The molecule has 0 bridgehead atoms. The minimum atomic E-state index is -0.227. The van der Waals surface area contributed by atoms with Gasteiger partial charge >= 0.3 is 0 Å². The summed E-state index contributed by atoms with van der Waals surface area (Å²) >= 11 is 0. The van der Waals surface area contributed by atoms with Crippen molar-refractivity contribution in [2.24, 2.45) is 5.92 Å². The lowest BCUT2D eigenvalue weighted by atomic mass is 9.80. The summed E-state index contributed by atoms with van der Waals surface area (Å²) in [6, 6.07) is 64.7. The normalized spacial score (nSPS) is 18.5. The molecule has 0 radical (unpaired) electrons. The van der Waals surface area contributed by atoms with E-state index in [1.165, 1.54) is 60.9 Å². The van der Waals surface area contributed by atoms with Crippen molar-refractivity contribution in [3.63, 3.8) is 0 Å². The van der Waals surface area contributed by atoms with Crippen molar-refractivity contribution in [1.29, 1.82) is 0 Å². The number of anilines is 2. The van der Waals surface area contributed by atoms with Crippen molar-refractivity contribution in [3.8, 4) is 33.6 Å². The van der Waals surface area contributed by atoms with Crippen LogP contribution in [0.15, 0.2) is 211 Å². The lowest BCUT2D eigenvalue weighted by molar-refractivity contribution is 0.542. The van der Waals surface area contributed by atoms with Crippen molar-refractivity contribution in [1.82, 2.24) is 9.13 Å². The Bertz CT molecular complexity index is 3910. The highest BCUT2D eigenvalue weighted by atomic mass is 16.3. The summed E-state index contributed by atoms with van der Waals surface area (Å²) in [6.07, 6.45) is 14.8. The van der Waals surface area contributed by atoms with E-state index in [2.05, 4.69) is 240 Å². The van der Waals surface area contributed by atoms with E-state index in [1.807, 2.05) is 0 Å². The Hall–Kier alpha value is -8.08. The summed E-state index contributed by atoms with van der Waals surface area (Å²) in [5, 5.41) is 5.95. The standard InChI is InChI=1S/C62H45N3O/c1-39-29-31-57-50(34-39)46-20-7-10-27-55(46)64(57)59-38-42(40-16-14-19-44(35-40)65-58-28-11-8-22-49(58)53-25-12-13-33-62(53,65)2)37-52-48-24-15-23-45(60(48)66-61(52)59)41-30-32-56-51(36-41)47-21-6-9-26-54(47)63(56)43-17-4-3-5-18-43/h3-33,35-39,53H,34H2,1-2H3. The number of fused-ring (bicyclic) bond motifs is 12. The van der Waals surface area contributed by atoms with Crippen LogP contribution in [0.5, 0.6) is 0 Å². The average molecular weight is 848 g/mol. The molecular weight excluding hydrogens is 803 g/mol. The summed E-state index contributed by atoms with van der Waals surface area (Å²) in [4.78, 5) is 2.55. The second kappa shape index (κ2) is 14.0. The third kappa shape index (κ3) is 5.27. The van der Waals surface area contributed by atoms with Gasteiger partial charge in [-0.05, 0) is 120 Å². The zero-order chi connectivity index (χ0) is 43.7. The third-order valence-electron chi connectivity index (χ3n) is 14.9. The Morgan fingerprint density at radius 2 is 1.24 bits per heavy atom. The van der Waals surface area contributed by atoms with Gasteiger partial charge in [-0.25, -0.2) is 0 Å². The maximum absolute atomic E-state index is 7.36. The van der Waals surface area contributed by atoms with Crippen LogP contribution in [0.4, 0.5) is 11.4 Å². The number of furan rings is 1. The van der Waals surface area contributed by atoms with Crippen LogP contribution in [0, 0.1) is 5.92 Å². The number of para-hydroxylation sites is 5. The molecule has 4 heteroatoms. The van der Waals surface area contributed by atoms with E-state index >= 15 is 0 Å². The SMILES string of the molecule is CC1C=Cc2c(c3ccccc3n2-c2cc(-c3cccc(N4c5ccccc5C5C=CC=CC54C)c3)cc3c2oc2c(-c4ccc5c(c4)c4ccccc4n5-c4ccccc4)cccc23)C1. The summed E-state index contributed by atoms with van der Waals surface area (Å²) in [7, 11) is 0. The number of rotatable bonds is 5. The second-order valence-corrected chi connectivity index (χ2v) is 18.7. The number of nitrogens with zero attached hydrogens (tertiary/aromatic N) is 3. The van der Waals surface area contributed by atoms with Gasteiger partial charge in [-0.2, -0.15) is 0 Å². The average Bonchev–Trinajstić information content (AvgIpc) is 4.08. The number of aromatic nitrogens is 2. The fraction of sp³-hybridized carbons (Fsp3) is 0.0968. The maximum Gasteiger partial charge on any atom is 0.159 e. The van der Waals surface area contributed by atoms with E-state index in [9.17, 15) is 0 Å². The molecule has 314 valence electrons. The van der Waals surface area contributed by atoms with Crippen molar-refractivity contribution in [2.45, 2.75) is 31.7 Å². The number of allylic oxidation sites excluding steroid dienone is 3. The highest BCUT2D eigenvalue weighted by molar-refractivity contribution is 6.15. The molecule has 0 spiro atoms. The van der Waals surface area contributed by atoms with Gasteiger partial charge in [0.1, 0.15) is 5.58 Å². The van der Waals surface area contributed by atoms with E-state index in [-0.39, 0.29) is 11.5 Å². The molecule has 0 amide bonds. The van der Waals surface area contributed by atoms with E-state index < -0.39 is 0 Å². The molecule has 14 rings (SSSR count). The molecule has 4 nitrogen and oxygen atoms in total. The van der Waals surface area contributed by atoms with Crippen molar-refractivity contribution < 1.29 is 4.42 Å². The van der Waals surface area contributed by atoms with Crippen LogP contribution in [0.2, 0.25) is 0 Å². The van der Waals surface area contributed by atoms with Crippen molar-refractivity contribution >= 4 is 72.1 Å². The van der Waals surface area contributed by atoms with Gasteiger partial charge in [-0.1, -0.05) is 146 Å². The lowest BCUT2D eigenvalue weighted by Crippen LogP contribution is -2.41. The van der Waals surface area contributed by atoms with Gasteiger partial charge in [-0.15, -0.1) is 0 Å². The Morgan fingerprint density at radius 3 is 2.14 bits per heavy atom. The number of benzene rings is 8. The van der Waals surface area contributed by atoms with Gasteiger partial charge in [0.2, 0.25) is 0 Å². The van der Waals surface area contributed by atoms with Crippen molar-refractivity contribution in [2.75, 3.05) is 4.90 Å². The molecule has 3 aliphatic rings. The molecule has 11 aromatic rings. The molecule has 66 heavy (non-hydrogen) atoms. The molecule has 0 N–H and O–H groups in total. The van der Waals surface area contributed by atoms with Crippen LogP contribution >= 0.6 is 0 Å². The minimum Gasteiger partial charge on any atom is -0.453 e. The van der Waals surface area contributed by atoms with Crippen LogP contribution in [0.3, 0.4) is 0 Å². The van der Waals surface area contributed by atoms with E-state index in [0.717, 1.165) is 62.0 Å². The van der Waals surface area contributed by atoms with Crippen LogP contribution in [-0.2, 0) is 6.42 Å². The first-order chi connectivity index (χ1) is 32.5. The maximum atomic E-state index is 7.36. The van der Waals surface area contributed by atoms with Crippen LogP contribution < -0.4 is 4.90 Å². The minimum absolute atomic E-state index is 0.227. The van der Waals surface area contributed by atoms with Gasteiger partial charge in [-0.3, -0.25) is 0 Å². The first-order valence-corrected chi connectivity index (χ1v) is 23.3. The van der Waals surface area contributed by atoms with Crippen LogP contribution in [0.25, 0.3) is 94.4 Å². The Kier molecular flexibility index (Phi) is 7.89.